The Bertz CT molecular complexity index is 1410. The fourth-order valence-electron chi connectivity index (χ4n) is 4.90. The van der Waals surface area contributed by atoms with Crippen LogP contribution in [0.4, 0.5) is 5.69 Å². The molecule has 1 fully saturated rings. The molecule has 7 nitrogen and oxygen atoms in total. The summed E-state index contributed by atoms with van der Waals surface area (Å²) in [6.07, 6.45) is 3.05. The molecule has 7 heteroatoms. The Balaban J connectivity index is 1.36. The lowest BCUT2D eigenvalue weighted by atomic mass is 10.1. The van der Waals surface area contributed by atoms with Gasteiger partial charge in [-0.05, 0) is 60.5 Å². The number of nitrogens with zero attached hydrogens (tertiary/aromatic N) is 3. The minimum atomic E-state index is -0.0188. The van der Waals surface area contributed by atoms with Gasteiger partial charge in [-0.25, -0.2) is 4.98 Å². The van der Waals surface area contributed by atoms with Gasteiger partial charge in [0.25, 0.3) is 0 Å². The Hall–Kier alpha value is -4.26. The number of amides is 1. The maximum Gasteiger partial charge on any atom is 0.227 e. The molecule has 1 atom stereocenters. The van der Waals surface area contributed by atoms with Gasteiger partial charge in [0.2, 0.25) is 5.91 Å². The SMILES string of the molecule is C=CCc1ccc(OCCn2c([C@H]3CC(=O)N(c4ccc(OC)cc4)C3)nc3ccccc32)c(OC)c1. The van der Waals surface area contributed by atoms with E-state index in [4.69, 9.17) is 19.2 Å². The van der Waals surface area contributed by atoms with Gasteiger partial charge in [-0.15, -0.1) is 6.58 Å². The number of methoxy groups -OCH3 is 2. The van der Waals surface area contributed by atoms with Crippen LogP contribution in [0, 0.1) is 0 Å². The number of carbonyl (C=O) groups is 1. The van der Waals surface area contributed by atoms with Gasteiger partial charge >= 0.3 is 0 Å². The first-order valence-corrected chi connectivity index (χ1v) is 12.4. The maximum absolute atomic E-state index is 13.0. The summed E-state index contributed by atoms with van der Waals surface area (Å²) in [7, 11) is 3.28. The molecule has 37 heavy (non-hydrogen) atoms. The van der Waals surface area contributed by atoms with Crippen molar-refractivity contribution in [1.82, 2.24) is 9.55 Å². The van der Waals surface area contributed by atoms with Gasteiger partial charge in [0.1, 0.15) is 18.2 Å². The minimum Gasteiger partial charge on any atom is -0.497 e. The molecule has 4 aromatic rings. The van der Waals surface area contributed by atoms with Crippen molar-refractivity contribution in [2.75, 3.05) is 32.3 Å². The fourth-order valence-corrected chi connectivity index (χ4v) is 4.90. The molecule has 1 aromatic heterocycles. The molecule has 5 rings (SSSR count). The molecule has 1 amide bonds. The molecule has 0 saturated carbocycles. The lowest BCUT2D eigenvalue weighted by Gasteiger charge is -2.18. The number of allylic oxidation sites excluding steroid dienone is 1. The second kappa shape index (κ2) is 10.8. The highest BCUT2D eigenvalue weighted by molar-refractivity contribution is 5.96. The number of benzene rings is 3. The zero-order valence-corrected chi connectivity index (χ0v) is 21.2. The topological polar surface area (TPSA) is 65.8 Å². The summed E-state index contributed by atoms with van der Waals surface area (Å²) in [5.41, 5.74) is 3.93. The largest absolute Gasteiger partial charge is 0.497 e. The summed E-state index contributed by atoms with van der Waals surface area (Å²) in [6, 6.07) is 21.6. The van der Waals surface area contributed by atoms with E-state index in [1.54, 1.807) is 14.2 Å². The van der Waals surface area contributed by atoms with E-state index in [-0.39, 0.29) is 11.8 Å². The number of aromatic nitrogens is 2. The minimum absolute atomic E-state index is 0.0188. The smallest absolute Gasteiger partial charge is 0.227 e. The number of imidazole rings is 1. The van der Waals surface area contributed by atoms with E-state index in [1.165, 1.54) is 0 Å². The highest BCUT2D eigenvalue weighted by Gasteiger charge is 2.34. The first-order valence-electron chi connectivity index (χ1n) is 12.4. The van der Waals surface area contributed by atoms with Crippen molar-refractivity contribution in [3.63, 3.8) is 0 Å². The van der Waals surface area contributed by atoms with Gasteiger partial charge in [-0.3, -0.25) is 4.79 Å². The van der Waals surface area contributed by atoms with Crippen LogP contribution in [0.15, 0.2) is 79.4 Å². The second-order valence-electron chi connectivity index (χ2n) is 9.04. The maximum atomic E-state index is 13.0. The molecule has 2 heterocycles. The third kappa shape index (κ3) is 5.03. The number of carbonyl (C=O) groups excluding carboxylic acids is 1. The van der Waals surface area contributed by atoms with Crippen molar-refractivity contribution < 1.29 is 19.0 Å². The number of rotatable bonds is 10. The zero-order valence-electron chi connectivity index (χ0n) is 21.2. The highest BCUT2D eigenvalue weighted by Crippen LogP contribution is 2.34. The number of ether oxygens (including phenoxy) is 3. The van der Waals surface area contributed by atoms with Crippen LogP contribution in [0.25, 0.3) is 11.0 Å². The molecule has 1 aliphatic heterocycles. The second-order valence-corrected chi connectivity index (χ2v) is 9.04. The quantitative estimate of drug-likeness (QED) is 0.275. The molecule has 1 aliphatic rings. The first-order chi connectivity index (χ1) is 18.1. The van der Waals surface area contributed by atoms with E-state index in [0.717, 1.165) is 40.3 Å². The molecule has 1 saturated heterocycles. The molecule has 0 N–H and O–H groups in total. The van der Waals surface area contributed by atoms with Gasteiger partial charge < -0.3 is 23.7 Å². The predicted octanol–water partition coefficient (Wildman–Crippen LogP) is 5.38. The summed E-state index contributed by atoms with van der Waals surface area (Å²) in [5.74, 6) is 3.14. The standard InChI is InChI=1S/C30H31N3O4/c1-4-7-21-10-15-27(28(18-21)36-3)37-17-16-32-26-9-6-5-8-25(26)31-30(32)22-19-29(34)33(20-22)23-11-13-24(35-2)14-12-23/h4-6,8-15,18,22H,1,7,16-17,19-20H2,2-3H3/t22-/m0/s1. The van der Waals surface area contributed by atoms with Crippen LogP contribution in [0.2, 0.25) is 0 Å². The molecular formula is C30H31N3O4. The summed E-state index contributed by atoms with van der Waals surface area (Å²) >= 11 is 0. The van der Waals surface area contributed by atoms with Crippen molar-refractivity contribution >= 4 is 22.6 Å². The van der Waals surface area contributed by atoms with E-state index in [9.17, 15) is 4.79 Å². The van der Waals surface area contributed by atoms with Crippen LogP contribution < -0.4 is 19.1 Å². The summed E-state index contributed by atoms with van der Waals surface area (Å²) in [4.78, 5) is 19.8. The van der Waals surface area contributed by atoms with Gasteiger partial charge in [0.05, 0.1) is 31.8 Å². The third-order valence-corrected chi connectivity index (χ3v) is 6.74. The molecule has 0 unspecified atom stereocenters. The van der Waals surface area contributed by atoms with Crippen molar-refractivity contribution in [2.45, 2.75) is 25.3 Å². The van der Waals surface area contributed by atoms with Crippen molar-refractivity contribution in [2.24, 2.45) is 0 Å². The van der Waals surface area contributed by atoms with Gasteiger partial charge in [0.15, 0.2) is 11.5 Å². The Morgan fingerprint density at radius 1 is 1.03 bits per heavy atom. The van der Waals surface area contributed by atoms with Crippen LogP contribution in [-0.2, 0) is 17.8 Å². The summed E-state index contributed by atoms with van der Waals surface area (Å²) in [5, 5.41) is 0. The Kier molecular flexibility index (Phi) is 7.12. The monoisotopic (exact) mass is 497 g/mol. The van der Waals surface area contributed by atoms with Crippen molar-refractivity contribution in [3.05, 3.63) is 90.8 Å². The number of para-hydroxylation sites is 2. The van der Waals surface area contributed by atoms with Crippen LogP contribution in [-0.4, -0.2) is 42.8 Å². The van der Waals surface area contributed by atoms with Gasteiger partial charge in [-0.1, -0.05) is 24.3 Å². The molecule has 3 aromatic carbocycles. The van der Waals surface area contributed by atoms with Crippen molar-refractivity contribution in [1.29, 1.82) is 0 Å². The molecular weight excluding hydrogens is 466 g/mol. The number of fused-ring (bicyclic) bond motifs is 1. The molecule has 190 valence electrons. The Morgan fingerprint density at radius 3 is 2.59 bits per heavy atom. The number of hydrogen-bond acceptors (Lipinski definition) is 5. The third-order valence-electron chi connectivity index (χ3n) is 6.74. The first kappa shape index (κ1) is 24.4. The van der Waals surface area contributed by atoms with Crippen LogP contribution in [0.3, 0.4) is 0 Å². The molecule has 0 radical (unpaired) electrons. The fraction of sp³-hybridized carbons (Fsp3) is 0.267. The lowest BCUT2D eigenvalue weighted by Crippen LogP contribution is -2.24. The highest BCUT2D eigenvalue weighted by atomic mass is 16.5. The summed E-state index contributed by atoms with van der Waals surface area (Å²) in [6.45, 7) is 5.41. The molecule has 0 spiro atoms. The zero-order chi connectivity index (χ0) is 25.8. The molecule has 0 aliphatic carbocycles. The Labute approximate surface area is 216 Å². The Morgan fingerprint density at radius 2 is 1.84 bits per heavy atom. The molecule has 0 bridgehead atoms. The van der Waals surface area contributed by atoms with E-state index in [1.807, 2.05) is 71.6 Å². The number of anilines is 1. The lowest BCUT2D eigenvalue weighted by molar-refractivity contribution is -0.117. The predicted molar refractivity (Wildman–Crippen MR) is 145 cm³/mol. The normalized spacial score (nSPS) is 15.2. The average molecular weight is 498 g/mol. The van der Waals surface area contributed by atoms with Crippen LogP contribution in [0.1, 0.15) is 23.7 Å². The summed E-state index contributed by atoms with van der Waals surface area (Å²) < 4.78 is 19.1. The number of hydrogen-bond donors (Lipinski definition) is 0. The van der Waals surface area contributed by atoms with E-state index < -0.39 is 0 Å². The van der Waals surface area contributed by atoms with E-state index in [0.29, 0.717) is 37.6 Å². The van der Waals surface area contributed by atoms with Crippen LogP contribution in [0.5, 0.6) is 17.2 Å². The van der Waals surface area contributed by atoms with Gasteiger partial charge in [-0.2, -0.15) is 0 Å². The van der Waals surface area contributed by atoms with Crippen molar-refractivity contribution in [3.8, 4) is 17.2 Å². The van der Waals surface area contributed by atoms with Crippen LogP contribution >= 0.6 is 0 Å². The van der Waals surface area contributed by atoms with Gasteiger partial charge in [0, 0.05) is 24.6 Å². The van der Waals surface area contributed by atoms with E-state index >= 15 is 0 Å². The average Bonchev–Trinajstić information content (AvgIpc) is 3.50. The van der Waals surface area contributed by atoms with E-state index in [2.05, 4.69) is 17.2 Å².